The molecule has 0 spiro atoms. The second-order valence-corrected chi connectivity index (χ2v) is 8.98. The molecule has 2 bridgehead atoms. The van der Waals surface area contributed by atoms with Crippen LogP contribution in [0.15, 0.2) is 28.0 Å². The van der Waals surface area contributed by atoms with E-state index in [2.05, 4.69) is 54.1 Å². The summed E-state index contributed by atoms with van der Waals surface area (Å²) < 4.78 is 0. The number of rotatable bonds is 3. The van der Waals surface area contributed by atoms with E-state index in [0.717, 1.165) is 23.2 Å². The Hall–Kier alpha value is -1.20. The monoisotopic (exact) mass is 331 g/mol. The zero-order valence-electron chi connectivity index (χ0n) is 13.2. The smallest absolute Gasteiger partial charge is 0.203 e. The zero-order valence-corrected chi connectivity index (χ0v) is 14.9. The van der Waals surface area contributed by atoms with Gasteiger partial charge in [-0.15, -0.1) is 22.7 Å². The number of anilines is 1. The average molecular weight is 332 g/mol. The maximum absolute atomic E-state index is 4.76. The van der Waals surface area contributed by atoms with E-state index in [1.165, 1.54) is 23.4 Å². The summed E-state index contributed by atoms with van der Waals surface area (Å²) in [5.74, 6) is 0.788. The minimum atomic E-state index is 0.249. The van der Waals surface area contributed by atoms with Crippen molar-refractivity contribution < 1.29 is 0 Å². The highest BCUT2D eigenvalue weighted by Crippen LogP contribution is 2.63. The Morgan fingerprint density at radius 2 is 2.18 bits per heavy atom. The van der Waals surface area contributed by atoms with E-state index in [4.69, 9.17) is 5.10 Å². The first-order valence-corrected chi connectivity index (χ1v) is 9.59. The molecular weight excluding hydrogens is 310 g/mol. The molecule has 0 amide bonds. The molecule has 2 atom stereocenters. The Bertz CT molecular complexity index is 714. The lowest BCUT2D eigenvalue weighted by atomic mass is 9.70. The van der Waals surface area contributed by atoms with Crippen LogP contribution in [0.1, 0.15) is 40.0 Å². The van der Waals surface area contributed by atoms with Gasteiger partial charge in [0.25, 0.3) is 0 Å². The topological polar surface area (TPSA) is 37.3 Å². The van der Waals surface area contributed by atoms with Crippen molar-refractivity contribution in [2.75, 3.05) is 5.43 Å². The molecule has 0 radical (unpaired) electrons. The van der Waals surface area contributed by atoms with E-state index < -0.39 is 0 Å². The van der Waals surface area contributed by atoms with Crippen LogP contribution in [0, 0.1) is 16.7 Å². The molecular formula is C17H21N3S2. The summed E-state index contributed by atoms with van der Waals surface area (Å²) in [6, 6.07) is 4.17. The number of aromatic nitrogens is 1. The molecule has 4 rings (SSSR count). The van der Waals surface area contributed by atoms with Crippen LogP contribution in [0.2, 0.25) is 0 Å². The van der Waals surface area contributed by atoms with Crippen molar-refractivity contribution in [2.45, 2.75) is 40.0 Å². The van der Waals surface area contributed by atoms with Gasteiger partial charge in [-0.05, 0) is 42.0 Å². The molecule has 2 fully saturated rings. The fourth-order valence-electron chi connectivity index (χ4n) is 4.08. The summed E-state index contributed by atoms with van der Waals surface area (Å²) in [4.78, 5) is 5.86. The van der Waals surface area contributed by atoms with Crippen LogP contribution in [-0.2, 0) is 0 Å². The first-order chi connectivity index (χ1) is 10.5. The molecule has 2 aromatic rings. The number of hydrazone groups is 1. The average Bonchev–Trinajstić information content (AvgIpc) is 3.22. The number of fused-ring (bicyclic) bond motifs is 2. The van der Waals surface area contributed by atoms with Crippen molar-refractivity contribution >= 4 is 33.5 Å². The Morgan fingerprint density at radius 3 is 2.82 bits per heavy atom. The molecule has 5 heteroatoms. The quantitative estimate of drug-likeness (QED) is 0.756. The standard InChI is InChI=1S/C17H21N3S2/c1-16(2)11-6-7-17(16,3)14(9-11)19-20-15-18-12(10-22-15)13-5-4-8-21-13/h4-5,8,10-11H,6-7,9H2,1-3H3,(H,18,20)/t11?,17-/m1/s1. The van der Waals surface area contributed by atoms with E-state index in [9.17, 15) is 0 Å². The fraction of sp³-hybridized carbons (Fsp3) is 0.529. The van der Waals surface area contributed by atoms with Gasteiger partial charge < -0.3 is 0 Å². The molecule has 0 saturated heterocycles. The van der Waals surface area contributed by atoms with Crippen molar-refractivity contribution in [1.29, 1.82) is 0 Å². The SMILES string of the molecule is CC1(C)C2CC[C@]1(C)C(=NNc1nc(-c3cccs3)cs1)C2. The lowest BCUT2D eigenvalue weighted by Crippen LogP contribution is -2.32. The zero-order chi connectivity index (χ0) is 15.4. The molecule has 0 aliphatic heterocycles. The van der Waals surface area contributed by atoms with Crippen LogP contribution < -0.4 is 5.43 Å². The Labute approximate surface area is 139 Å². The highest BCUT2D eigenvalue weighted by molar-refractivity contribution is 7.15. The van der Waals surface area contributed by atoms with Gasteiger partial charge in [0.1, 0.15) is 0 Å². The molecule has 1 N–H and O–H groups in total. The van der Waals surface area contributed by atoms with Crippen LogP contribution >= 0.6 is 22.7 Å². The van der Waals surface area contributed by atoms with Gasteiger partial charge in [-0.2, -0.15) is 5.10 Å². The molecule has 3 nitrogen and oxygen atoms in total. The van der Waals surface area contributed by atoms with Gasteiger partial charge in [0, 0.05) is 16.5 Å². The minimum absolute atomic E-state index is 0.249. The van der Waals surface area contributed by atoms with Crippen molar-refractivity contribution in [2.24, 2.45) is 21.8 Å². The summed E-state index contributed by atoms with van der Waals surface area (Å²) in [7, 11) is 0. The van der Waals surface area contributed by atoms with E-state index in [1.54, 1.807) is 22.7 Å². The molecule has 2 aromatic heterocycles. The maximum Gasteiger partial charge on any atom is 0.203 e. The summed E-state index contributed by atoms with van der Waals surface area (Å²) in [5, 5.41) is 9.83. The van der Waals surface area contributed by atoms with Crippen molar-refractivity contribution in [3.8, 4) is 10.6 Å². The highest BCUT2D eigenvalue weighted by Gasteiger charge is 2.59. The van der Waals surface area contributed by atoms with Crippen LogP contribution in [0.3, 0.4) is 0 Å². The number of hydrogen-bond donors (Lipinski definition) is 1. The second kappa shape index (κ2) is 4.90. The second-order valence-electron chi connectivity index (χ2n) is 7.18. The normalized spacial score (nSPS) is 31.0. The first-order valence-electron chi connectivity index (χ1n) is 7.83. The molecule has 116 valence electrons. The van der Waals surface area contributed by atoms with Gasteiger partial charge in [-0.25, -0.2) is 4.98 Å². The number of nitrogens with one attached hydrogen (secondary N) is 1. The van der Waals surface area contributed by atoms with Crippen molar-refractivity contribution in [3.63, 3.8) is 0 Å². The lowest BCUT2D eigenvalue weighted by molar-refractivity contribution is 0.194. The molecule has 2 aliphatic carbocycles. The Morgan fingerprint density at radius 1 is 1.32 bits per heavy atom. The van der Waals surface area contributed by atoms with Crippen molar-refractivity contribution in [3.05, 3.63) is 22.9 Å². The molecule has 2 heterocycles. The molecule has 2 aliphatic rings. The van der Waals surface area contributed by atoms with Gasteiger partial charge in [-0.3, -0.25) is 5.43 Å². The van der Waals surface area contributed by atoms with Gasteiger partial charge in [0.15, 0.2) is 0 Å². The van der Waals surface area contributed by atoms with Gasteiger partial charge in [-0.1, -0.05) is 26.8 Å². The minimum Gasteiger partial charge on any atom is -0.253 e. The van der Waals surface area contributed by atoms with E-state index in [0.29, 0.717) is 5.41 Å². The number of thiophene rings is 1. The number of hydrogen-bond acceptors (Lipinski definition) is 5. The fourth-order valence-corrected chi connectivity index (χ4v) is 5.49. The number of nitrogens with zero attached hydrogens (tertiary/aromatic N) is 2. The third kappa shape index (κ3) is 1.98. The Kier molecular flexibility index (Phi) is 3.20. The van der Waals surface area contributed by atoms with Gasteiger partial charge >= 0.3 is 0 Å². The van der Waals surface area contributed by atoms with Crippen LogP contribution in [0.25, 0.3) is 10.6 Å². The first kappa shape index (κ1) is 14.4. The highest BCUT2D eigenvalue weighted by atomic mass is 32.1. The molecule has 1 unspecified atom stereocenters. The summed E-state index contributed by atoms with van der Waals surface area (Å²) in [5.41, 5.74) is 6.22. The van der Waals surface area contributed by atoms with Crippen LogP contribution in [0.4, 0.5) is 5.13 Å². The van der Waals surface area contributed by atoms with Crippen LogP contribution in [-0.4, -0.2) is 10.7 Å². The molecule has 22 heavy (non-hydrogen) atoms. The van der Waals surface area contributed by atoms with Crippen molar-refractivity contribution in [1.82, 2.24) is 4.98 Å². The maximum atomic E-state index is 4.76. The predicted molar refractivity (Wildman–Crippen MR) is 95.7 cm³/mol. The Balaban J connectivity index is 1.54. The molecule has 2 saturated carbocycles. The molecule has 0 aromatic carbocycles. The van der Waals surface area contributed by atoms with E-state index in [1.807, 2.05) is 0 Å². The predicted octanol–water partition coefficient (Wildman–Crippen LogP) is 5.49. The van der Waals surface area contributed by atoms with Gasteiger partial charge in [0.05, 0.1) is 10.6 Å². The third-order valence-electron chi connectivity index (χ3n) is 6.08. The van der Waals surface area contributed by atoms with E-state index >= 15 is 0 Å². The number of thiazole rings is 1. The largest absolute Gasteiger partial charge is 0.253 e. The summed E-state index contributed by atoms with van der Waals surface area (Å²) in [6.45, 7) is 7.20. The van der Waals surface area contributed by atoms with E-state index in [-0.39, 0.29) is 5.41 Å². The van der Waals surface area contributed by atoms with Gasteiger partial charge in [0.2, 0.25) is 5.13 Å². The summed E-state index contributed by atoms with van der Waals surface area (Å²) in [6.07, 6.45) is 3.76. The third-order valence-corrected chi connectivity index (χ3v) is 7.72. The van der Waals surface area contributed by atoms with Crippen LogP contribution in [0.5, 0.6) is 0 Å². The summed E-state index contributed by atoms with van der Waals surface area (Å²) >= 11 is 3.35. The lowest BCUT2D eigenvalue weighted by Gasteiger charge is -2.34.